The topological polar surface area (TPSA) is 62.5 Å². The first-order valence-electron chi connectivity index (χ1n) is 9.80. The van der Waals surface area contributed by atoms with Crippen molar-refractivity contribution in [3.8, 4) is 11.3 Å². The molecule has 4 nitrogen and oxygen atoms in total. The molecule has 0 aliphatic heterocycles. The SMILES string of the molecule is Cc1cc(NC(=O)C2(c3ccccc3)CCCC2)ccc1-c1ccc(CO)o1. The van der Waals surface area contributed by atoms with E-state index in [4.69, 9.17) is 4.42 Å². The van der Waals surface area contributed by atoms with Gasteiger partial charge in [-0.05, 0) is 61.2 Å². The standard InChI is InChI=1S/C24H25NO3/c1-17-15-19(9-11-21(17)22-12-10-20(16-26)28-22)25-23(27)24(13-5-6-14-24)18-7-3-2-4-8-18/h2-4,7-12,15,26H,5-6,13-14,16H2,1H3,(H,25,27). The Labute approximate surface area is 165 Å². The van der Waals surface area contributed by atoms with Gasteiger partial charge in [-0.2, -0.15) is 0 Å². The predicted octanol–water partition coefficient (Wildman–Crippen LogP) is 5.20. The Morgan fingerprint density at radius 2 is 1.82 bits per heavy atom. The molecule has 0 saturated heterocycles. The van der Waals surface area contributed by atoms with Crippen LogP contribution < -0.4 is 5.32 Å². The van der Waals surface area contributed by atoms with Crippen LogP contribution in [0.1, 0.15) is 42.6 Å². The third-order valence-corrected chi connectivity index (χ3v) is 5.79. The lowest BCUT2D eigenvalue weighted by Gasteiger charge is -2.28. The van der Waals surface area contributed by atoms with Gasteiger partial charge in [0.25, 0.3) is 0 Å². The molecule has 3 aromatic rings. The van der Waals surface area contributed by atoms with Crippen molar-refractivity contribution in [3.63, 3.8) is 0 Å². The molecule has 1 saturated carbocycles. The molecule has 1 aliphatic carbocycles. The van der Waals surface area contributed by atoms with Gasteiger partial charge in [0.05, 0.1) is 5.41 Å². The molecular weight excluding hydrogens is 350 g/mol. The zero-order chi connectivity index (χ0) is 19.6. The van der Waals surface area contributed by atoms with Gasteiger partial charge < -0.3 is 14.8 Å². The maximum atomic E-state index is 13.3. The Morgan fingerprint density at radius 1 is 1.07 bits per heavy atom. The second-order valence-corrected chi connectivity index (χ2v) is 7.56. The van der Waals surface area contributed by atoms with Crippen LogP contribution in [0, 0.1) is 6.92 Å². The van der Waals surface area contributed by atoms with Gasteiger partial charge >= 0.3 is 0 Å². The predicted molar refractivity (Wildman–Crippen MR) is 110 cm³/mol. The lowest BCUT2D eigenvalue weighted by molar-refractivity contribution is -0.121. The number of carbonyl (C=O) groups is 1. The number of benzene rings is 2. The van der Waals surface area contributed by atoms with Gasteiger partial charge in [0.2, 0.25) is 5.91 Å². The second-order valence-electron chi connectivity index (χ2n) is 7.56. The van der Waals surface area contributed by atoms with Crippen LogP contribution in [0.15, 0.2) is 65.1 Å². The Hall–Kier alpha value is -2.85. The van der Waals surface area contributed by atoms with E-state index < -0.39 is 5.41 Å². The molecule has 4 heteroatoms. The lowest BCUT2D eigenvalue weighted by atomic mass is 9.78. The normalized spacial score (nSPS) is 15.5. The summed E-state index contributed by atoms with van der Waals surface area (Å²) in [7, 11) is 0. The first kappa shape index (κ1) is 18.5. The molecule has 0 spiro atoms. The zero-order valence-corrected chi connectivity index (χ0v) is 16.1. The summed E-state index contributed by atoms with van der Waals surface area (Å²) in [6.07, 6.45) is 3.92. The van der Waals surface area contributed by atoms with Crippen molar-refractivity contribution in [1.29, 1.82) is 0 Å². The molecule has 4 rings (SSSR count). The van der Waals surface area contributed by atoms with Crippen LogP contribution in [0.25, 0.3) is 11.3 Å². The highest BCUT2D eigenvalue weighted by molar-refractivity contribution is 5.99. The molecule has 0 unspecified atom stereocenters. The number of furan rings is 1. The maximum absolute atomic E-state index is 13.3. The number of anilines is 1. The summed E-state index contributed by atoms with van der Waals surface area (Å²) >= 11 is 0. The highest BCUT2D eigenvalue weighted by Crippen LogP contribution is 2.42. The molecule has 2 N–H and O–H groups in total. The van der Waals surface area contributed by atoms with Crippen LogP contribution >= 0.6 is 0 Å². The number of nitrogens with one attached hydrogen (secondary N) is 1. The molecule has 0 atom stereocenters. The van der Waals surface area contributed by atoms with Gasteiger partial charge in [-0.25, -0.2) is 0 Å². The van der Waals surface area contributed by atoms with Gasteiger partial charge in [-0.3, -0.25) is 4.79 Å². The third-order valence-electron chi connectivity index (χ3n) is 5.79. The minimum Gasteiger partial charge on any atom is -0.459 e. The van der Waals surface area contributed by atoms with E-state index in [0.29, 0.717) is 5.76 Å². The molecule has 1 aliphatic rings. The third kappa shape index (κ3) is 3.36. The summed E-state index contributed by atoms with van der Waals surface area (Å²) < 4.78 is 5.64. The molecule has 144 valence electrons. The van der Waals surface area contributed by atoms with Crippen LogP contribution in [0.4, 0.5) is 5.69 Å². The van der Waals surface area contributed by atoms with Crippen molar-refractivity contribution < 1.29 is 14.3 Å². The van der Waals surface area contributed by atoms with Crippen molar-refractivity contribution in [3.05, 3.63) is 77.6 Å². The molecule has 1 amide bonds. The average Bonchev–Trinajstić information content (AvgIpc) is 3.39. The number of carbonyl (C=O) groups excluding carboxylic acids is 1. The minimum atomic E-state index is -0.440. The van der Waals surface area contributed by atoms with Crippen molar-refractivity contribution in [1.82, 2.24) is 0 Å². The summed E-state index contributed by atoms with van der Waals surface area (Å²) in [5.41, 5.74) is 3.42. The van der Waals surface area contributed by atoms with E-state index in [1.165, 1.54) is 0 Å². The molecule has 1 fully saturated rings. The molecule has 2 aromatic carbocycles. The van der Waals surface area contributed by atoms with Crippen LogP contribution in [-0.4, -0.2) is 11.0 Å². The van der Waals surface area contributed by atoms with Crippen LogP contribution in [-0.2, 0) is 16.8 Å². The summed E-state index contributed by atoms with van der Waals surface area (Å²) in [5.74, 6) is 1.33. The second kappa shape index (κ2) is 7.64. The van der Waals surface area contributed by atoms with Crippen molar-refractivity contribution in [2.75, 3.05) is 5.32 Å². The summed E-state index contributed by atoms with van der Waals surface area (Å²) in [4.78, 5) is 13.3. The molecule has 1 heterocycles. The fourth-order valence-corrected chi connectivity index (χ4v) is 4.26. The van der Waals surface area contributed by atoms with E-state index in [-0.39, 0.29) is 12.5 Å². The first-order chi connectivity index (χ1) is 13.6. The van der Waals surface area contributed by atoms with Crippen molar-refractivity contribution >= 4 is 11.6 Å². The monoisotopic (exact) mass is 375 g/mol. The Balaban J connectivity index is 1.58. The number of amides is 1. The van der Waals surface area contributed by atoms with E-state index >= 15 is 0 Å². The minimum absolute atomic E-state index is 0.0731. The zero-order valence-electron chi connectivity index (χ0n) is 16.1. The number of aliphatic hydroxyl groups excluding tert-OH is 1. The van der Waals surface area contributed by atoms with E-state index in [9.17, 15) is 9.90 Å². The molecule has 0 radical (unpaired) electrons. The van der Waals surface area contributed by atoms with E-state index in [1.54, 1.807) is 6.07 Å². The van der Waals surface area contributed by atoms with Gasteiger partial charge in [0, 0.05) is 11.3 Å². The smallest absolute Gasteiger partial charge is 0.235 e. The number of aryl methyl sites for hydroxylation is 1. The lowest BCUT2D eigenvalue weighted by Crippen LogP contribution is -2.37. The number of hydrogen-bond acceptors (Lipinski definition) is 3. The number of rotatable bonds is 5. The Kier molecular flexibility index (Phi) is 5.05. The van der Waals surface area contributed by atoms with Crippen molar-refractivity contribution in [2.24, 2.45) is 0 Å². The average molecular weight is 375 g/mol. The fourth-order valence-electron chi connectivity index (χ4n) is 4.26. The van der Waals surface area contributed by atoms with E-state index in [2.05, 4.69) is 17.4 Å². The maximum Gasteiger partial charge on any atom is 0.235 e. The number of hydrogen-bond donors (Lipinski definition) is 2. The molecular formula is C24H25NO3. The summed E-state index contributed by atoms with van der Waals surface area (Å²) in [6, 6.07) is 19.6. The van der Waals surface area contributed by atoms with Crippen LogP contribution in [0.3, 0.4) is 0 Å². The highest BCUT2D eigenvalue weighted by atomic mass is 16.4. The van der Waals surface area contributed by atoms with Gasteiger partial charge in [-0.15, -0.1) is 0 Å². The van der Waals surface area contributed by atoms with Gasteiger partial charge in [0.1, 0.15) is 18.1 Å². The number of aliphatic hydroxyl groups is 1. The quantitative estimate of drug-likeness (QED) is 0.644. The summed E-state index contributed by atoms with van der Waals surface area (Å²) in [6.45, 7) is 1.88. The molecule has 28 heavy (non-hydrogen) atoms. The first-order valence-corrected chi connectivity index (χ1v) is 9.80. The van der Waals surface area contributed by atoms with Gasteiger partial charge in [-0.1, -0.05) is 43.2 Å². The summed E-state index contributed by atoms with van der Waals surface area (Å²) in [5, 5.41) is 12.3. The Morgan fingerprint density at radius 3 is 2.46 bits per heavy atom. The van der Waals surface area contributed by atoms with E-state index in [1.807, 2.05) is 49.4 Å². The van der Waals surface area contributed by atoms with Gasteiger partial charge in [0.15, 0.2) is 0 Å². The van der Waals surface area contributed by atoms with E-state index in [0.717, 1.165) is 53.8 Å². The molecule has 1 aromatic heterocycles. The largest absolute Gasteiger partial charge is 0.459 e. The molecule has 0 bridgehead atoms. The van der Waals surface area contributed by atoms with Crippen LogP contribution in [0.2, 0.25) is 0 Å². The fraction of sp³-hybridized carbons (Fsp3) is 0.292. The van der Waals surface area contributed by atoms with Crippen LogP contribution in [0.5, 0.6) is 0 Å². The Bertz CT molecular complexity index is 969. The highest BCUT2D eigenvalue weighted by Gasteiger charge is 2.42. The van der Waals surface area contributed by atoms with Crippen molar-refractivity contribution in [2.45, 2.75) is 44.6 Å².